The number of halogens is 1. The molecule has 0 aliphatic heterocycles. The number of carbonyl (C=O) groups is 1. The zero-order valence-corrected chi connectivity index (χ0v) is 12.8. The van der Waals surface area contributed by atoms with E-state index in [1.165, 1.54) is 11.3 Å². The lowest BCUT2D eigenvalue weighted by Gasteiger charge is -2.05. The number of nitrogens with one attached hydrogen (secondary N) is 1. The highest BCUT2D eigenvalue weighted by molar-refractivity contribution is 7.10. The molecule has 0 saturated carbocycles. The number of aliphatic hydroxyl groups is 1. The first kappa shape index (κ1) is 15.6. The molecule has 3 nitrogen and oxygen atoms in total. The summed E-state index contributed by atoms with van der Waals surface area (Å²) in [6, 6.07) is 9.22. The van der Waals surface area contributed by atoms with E-state index in [0.717, 1.165) is 16.0 Å². The average Bonchev–Trinajstić information content (AvgIpc) is 2.93. The second-order valence-electron chi connectivity index (χ2n) is 4.31. The van der Waals surface area contributed by atoms with Crippen LogP contribution < -0.4 is 5.32 Å². The fourth-order valence-corrected chi connectivity index (χ4v) is 2.70. The molecule has 1 amide bonds. The number of carbonyl (C=O) groups excluding carboxylic acids is 1. The lowest BCUT2D eigenvalue weighted by atomic mass is 10.1. The smallest absolute Gasteiger partial charge is 0.224 e. The minimum Gasteiger partial charge on any atom is -0.384 e. The number of hydrogen-bond donors (Lipinski definition) is 2. The molecule has 1 aromatic carbocycles. The van der Waals surface area contributed by atoms with Crippen molar-refractivity contribution < 1.29 is 9.90 Å². The molecule has 0 atom stereocenters. The fourth-order valence-electron chi connectivity index (χ4n) is 1.74. The van der Waals surface area contributed by atoms with Gasteiger partial charge in [0.2, 0.25) is 5.91 Å². The predicted octanol–water partition coefficient (Wildman–Crippen LogP) is 2.60. The number of aliphatic hydroxyl groups excluding tert-OH is 1. The van der Waals surface area contributed by atoms with Gasteiger partial charge in [0.05, 0.1) is 13.0 Å². The maximum absolute atomic E-state index is 11.9. The molecule has 0 spiro atoms. The molecule has 0 fully saturated rings. The van der Waals surface area contributed by atoms with Crippen molar-refractivity contribution in [2.75, 3.05) is 6.61 Å². The third-order valence-electron chi connectivity index (χ3n) is 2.73. The van der Waals surface area contributed by atoms with Crippen LogP contribution in [0.4, 0.5) is 0 Å². The molecule has 0 bridgehead atoms. The Morgan fingerprint density at radius 3 is 2.95 bits per heavy atom. The standard InChI is InChI=1S/C16H14ClNO2S/c17-15-6-2-1-5-13(15)9-16(20)18-10-14-8-12(11-21-14)4-3-7-19/h1-2,5-6,8,11,19H,7,9-10H2,(H,18,20). The van der Waals surface area contributed by atoms with Gasteiger partial charge in [-0.25, -0.2) is 0 Å². The SMILES string of the molecule is O=C(Cc1ccccc1Cl)NCc1cc(C#CCO)cs1. The molecular weight excluding hydrogens is 306 g/mol. The lowest BCUT2D eigenvalue weighted by molar-refractivity contribution is -0.120. The van der Waals surface area contributed by atoms with Gasteiger partial charge in [-0.2, -0.15) is 0 Å². The highest BCUT2D eigenvalue weighted by Crippen LogP contribution is 2.16. The summed E-state index contributed by atoms with van der Waals surface area (Å²) in [4.78, 5) is 12.9. The van der Waals surface area contributed by atoms with Crippen molar-refractivity contribution in [1.29, 1.82) is 0 Å². The summed E-state index contributed by atoms with van der Waals surface area (Å²) in [5, 5.41) is 14.0. The highest BCUT2D eigenvalue weighted by Gasteiger charge is 2.07. The molecule has 0 saturated heterocycles. The highest BCUT2D eigenvalue weighted by atomic mass is 35.5. The predicted molar refractivity (Wildman–Crippen MR) is 85.3 cm³/mol. The van der Waals surface area contributed by atoms with Crippen molar-refractivity contribution in [3.8, 4) is 11.8 Å². The Kier molecular flexibility index (Phi) is 5.82. The third kappa shape index (κ3) is 4.91. The van der Waals surface area contributed by atoms with E-state index in [1.807, 2.05) is 29.6 Å². The Bertz CT molecular complexity index is 685. The van der Waals surface area contributed by atoms with E-state index >= 15 is 0 Å². The number of benzene rings is 1. The van der Waals surface area contributed by atoms with Crippen molar-refractivity contribution in [2.24, 2.45) is 0 Å². The van der Waals surface area contributed by atoms with Crippen molar-refractivity contribution in [3.05, 3.63) is 56.7 Å². The van der Waals surface area contributed by atoms with Gasteiger partial charge in [0.25, 0.3) is 0 Å². The molecule has 1 heterocycles. The van der Waals surface area contributed by atoms with Crippen LogP contribution in [0.3, 0.4) is 0 Å². The molecule has 2 rings (SSSR count). The first-order valence-electron chi connectivity index (χ1n) is 6.36. The van der Waals surface area contributed by atoms with Crippen molar-refractivity contribution in [2.45, 2.75) is 13.0 Å². The maximum atomic E-state index is 11.9. The molecule has 0 aliphatic rings. The minimum atomic E-state index is -0.153. The van der Waals surface area contributed by atoms with E-state index in [0.29, 0.717) is 11.6 Å². The topological polar surface area (TPSA) is 49.3 Å². The minimum absolute atomic E-state index is 0.0699. The van der Waals surface area contributed by atoms with Crippen LogP contribution in [0.2, 0.25) is 5.02 Å². The molecule has 0 aliphatic carbocycles. The molecule has 5 heteroatoms. The Hall–Kier alpha value is -1.80. The van der Waals surface area contributed by atoms with Gasteiger partial charge in [-0.15, -0.1) is 11.3 Å². The summed E-state index contributed by atoms with van der Waals surface area (Å²) in [5.41, 5.74) is 1.67. The average molecular weight is 320 g/mol. The summed E-state index contributed by atoms with van der Waals surface area (Å²) in [6.07, 6.45) is 0.266. The molecule has 0 unspecified atom stereocenters. The Labute approximate surface area is 132 Å². The molecule has 108 valence electrons. The van der Waals surface area contributed by atoms with Gasteiger partial charge < -0.3 is 10.4 Å². The van der Waals surface area contributed by atoms with Crippen molar-refractivity contribution in [1.82, 2.24) is 5.32 Å². The van der Waals surface area contributed by atoms with Gasteiger partial charge in [-0.3, -0.25) is 4.79 Å². The van der Waals surface area contributed by atoms with E-state index in [2.05, 4.69) is 17.2 Å². The summed E-state index contributed by atoms with van der Waals surface area (Å²) in [7, 11) is 0. The second-order valence-corrected chi connectivity index (χ2v) is 5.71. The molecule has 2 aromatic rings. The zero-order valence-electron chi connectivity index (χ0n) is 11.2. The van der Waals surface area contributed by atoms with Gasteiger partial charge in [0.15, 0.2) is 0 Å². The van der Waals surface area contributed by atoms with Crippen LogP contribution in [-0.2, 0) is 17.8 Å². The molecule has 0 radical (unpaired) electrons. The van der Waals surface area contributed by atoms with Gasteiger partial charge in [-0.1, -0.05) is 41.6 Å². The monoisotopic (exact) mass is 319 g/mol. The Morgan fingerprint density at radius 1 is 1.38 bits per heavy atom. The number of rotatable bonds is 4. The maximum Gasteiger partial charge on any atom is 0.224 e. The van der Waals surface area contributed by atoms with Gasteiger partial charge >= 0.3 is 0 Å². The summed E-state index contributed by atoms with van der Waals surface area (Å²) in [6.45, 7) is 0.314. The van der Waals surface area contributed by atoms with Crippen molar-refractivity contribution >= 4 is 28.8 Å². The van der Waals surface area contributed by atoms with E-state index < -0.39 is 0 Å². The second kappa shape index (κ2) is 7.84. The number of thiophene rings is 1. The third-order valence-corrected chi connectivity index (χ3v) is 4.04. The van der Waals surface area contributed by atoms with Gasteiger partial charge in [0, 0.05) is 20.8 Å². The van der Waals surface area contributed by atoms with Crippen LogP contribution in [-0.4, -0.2) is 17.6 Å². The Balaban J connectivity index is 1.87. The summed E-state index contributed by atoms with van der Waals surface area (Å²) in [5.74, 6) is 5.35. The number of amides is 1. The van der Waals surface area contributed by atoms with Crippen LogP contribution in [0.25, 0.3) is 0 Å². The Morgan fingerprint density at radius 2 is 2.19 bits per heavy atom. The first-order chi connectivity index (χ1) is 10.2. The molecule has 2 N–H and O–H groups in total. The largest absolute Gasteiger partial charge is 0.384 e. The lowest BCUT2D eigenvalue weighted by Crippen LogP contribution is -2.24. The van der Waals surface area contributed by atoms with Gasteiger partial charge in [0.1, 0.15) is 6.61 Å². The molecular formula is C16H14ClNO2S. The van der Waals surface area contributed by atoms with Crippen LogP contribution in [0, 0.1) is 11.8 Å². The zero-order chi connectivity index (χ0) is 15.1. The van der Waals surface area contributed by atoms with Crippen LogP contribution in [0.1, 0.15) is 16.0 Å². The first-order valence-corrected chi connectivity index (χ1v) is 7.62. The van der Waals surface area contributed by atoms with E-state index in [4.69, 9.17) is 16.7 Å². The quantitative estimate of drug-likeness (QED) is 0.851. The molecule has 21 heavy (non-hydrogen) atoms. The summed E-state index contributed by atoms with van der Waals surface area (Å²) >= 11 is 7.55. The van der Waals surface area contributed by atoms with Crippen LogP contribution >= 0.6 is 22.9 Å². The summed E-state index contributed by atoms with van der Waals surface area (Å²) < 4.78 is 0. The van der Waals surface area contributed by atoms with Crippen LogP contribution in [0.5, 0.6) is 0 Å². The van der Waals surface area contributed by atoms with Gasteiger partial charge in [-0.05, 0) is 17.7 Å². The van der Waals surface area contributed by atoms with Crippen molar-refractivity contribution in [3.63, 3.8) is 0 Å². The van der Waals surface area contributed by atoms with E-state index in [1.54, 1.807) is 6.07 Å². The molecule has 1 aromatic heterocycles. The van der Waals surface area contributed by atoms with E-state index in [-0.39, 0.29) is 18.9 Å². The number of hydrogen-bond acceptors (Lipinski definition) is 3. The van der Waals surface area contributed by atoms with Crippen LogP contribution in [0.15, 0.2) is 35.7 Å². The fraction of sp³-hybridized carbons (Fsp3) is 0.188. The van der Waals surface area contributed by atoms with E-state index in [9.17, 15) is 4.79 Å². The normalized spacial score (nSPS) is 9.81.